The maximum atomic E-state index is 13.2. The lowest BCUT2D eigenvalue weighted by Gasteiger charge is -2.38. The Morgan fingerprint density at radius 1 is 0.762 bits per heavy atom. The van der Waals surface area contributed by atoms with E-state index in [1.54, 1.807) is 27.7 Å². The summed E-state index contributed by atoms with van der Waals surface area (Å²) in [5, 5.41) is 0. The van der Waals surface area contributed by atoms with Crippen molar-refractivity contribution in [2.45, 2.75) is 51.3 Å². The van der Waals surface area contributed by atoms with Gasteiger partial charge in [0.25, 0.3) is 0 Å². The standard InChI is InChI=1S/C12H27BrO6P2/c1-6-11-12(13,20(14,16-7-2)17-8-3)21(15,18-9-4)19-10-5/h6-11H2,1-5H3. The molecule has 0 rings (SSSR count). The van der Waals surface area contributed by atoms with E-state index < -0.39 is 19.0 Å². The van der Waals surface area contributed by atoms with Crippen molar-refractivity contribution in [3.8, 4) is 0 Å². The highest BCUT2D eigenvalue weighted by Gasteiger charge is 2.63. The number of alkyl halides is 1. The highest BCUT2D eigenvalue weighted by Crippen LogP contribution is 2.82. The van der Waals surface area contributed by atoms with Crippen LogP contribution < -0.4 is 0 Å². The molecule has 21 heavy (non-hydrogen) atoms. The predicted octanol–water partition coefficient (Wildman–Crippen LogP) is 5.37. The smallest absolute Gasteiger partial charge is 0.307 e. The van der Waals surface area contributed by atoms with Gasteiger partial charge in [-0.1, -0.05) is 29.3 Å². The zero-order valence-electron chi connectivity index (χ0n) is 13.5. The second-order valence-electron chi connectivity index (χ2n) is 4.13. The first-order valence-corrected chi connectivity index (χ1v) is 11.2. The molecule has 0 aliphatic heterocycles. The van der Waals surface area contributed by atoms with E-state index in [-0.39, 0.29) is 32.8 Å². The minimum Gasteiger partial charge on any atom is -0.307 e. The van der Waals surface area contributed by atoms with Crippen molar-refractivity contribution in [2.75, 3.05) is 26.4 Å². The van der Waals surface area contributed by atoms with Crippen LogP contribution in [0.4, 0.5) is 0 Å². The molecule has 0 radical (unpaired) electrons. The molecule has 0 spiro atoms. The number of hydrogen-bond acceptors (Lipinski definition) is 6. The fraction of sp³-hybridized carbons (Fsp3) is 1.00. The Labute approximate surface area is 136 Å². The Morgan fingerprint density at radius 2 is 1.05 bits per heavy atom. The lowest BCUT2D eigenvalue weighted by atomic mass is 10.4. The summed E-state index contributed by atoms with van der Waals surface area (Å²) >= 11 is 3.37. The van der Waals surface area contributed by atoms with Crippen molar-refractivity contribution in [1.29, 1.82) is 0 Å². The Hall–Kier alpha value is 0.780. The van der Waals surface area contributed by atoms with Gasteiger partial charge in [-0.25, -0.2) is 0 Å². The van der Waals surface area contributed by atoms with Gasteiger partial charge >= 0.3 is 15.2 Å². The van der Waals surface area contributed by atoms with Crippen LogP contribution in [0.15, 0.2) is 0 Å². The van der Waals surface area contributed by atoms with Gasteiger partial charge in [-0.05, 0) is 34.1 Å². The van der Waals surface area contributed by atoms with Crippen LogP contribution in [0.25, 0.3) is 0 Å². The van der Waals surface area contributed by atoms with Crippen molar-refractivity contribution in [3.63, 3.8) is 0 Å². The Balaban J connectivity index is 5.95. The van der Waals surface area contributed by atoms with Crippen molar-refractivity contribution >= 4 is 31.1 Å². The van der Waals surface area contributed by atoms with Crippen LogP contribution in [0.5, 0.6) is 0 Å². The molecule has 0 atom stereocenters. The molecule has 9 heteroatoms. The summed E-state index contributed by atoms with van der Waals surface area (Å²) in [6.45, 7) is 9.40. The third kappa shape index (κ3) is 4.87. The highest BCUT2D eigenvalue weighted by molar-refractivity contribution is 9.12. The third-order valence-electron chi connectivity index (χ3n) is 2.60. The summed E-state index contributed by atoms with van der Waals surface area (Å²) in [6, 6.07) is 0. The number of rotatable bonds is 12. The summed E-state index contributed by atoms with van der Waals surface area (Å²) in [4.78, 5) is 0. The summed E-state index contributed by atoms with van der Waals surface area (Å²) in [7, 11) is -7.47. The fourth-order valence-electron chi connectivity index (χ4n) is 1.89. The topological polar surface area (TPSA) is 71.1 Å². The van der Waals surface area contributed by atoms with E-state index in [2.05, 4.69) is 15.9 Å². The first-order chi connectivity index (χ1) is 9.80. The molecule has 0 fully saturated rings. The molecule has 0 saturated carbocycles. The van der Waals surface area contributed by atoms with E-state index in [9.17, 15) is 9.13 Å². The molecule has 6 nitrogen and oxygen atoms in total. The largest absolute Gasteiger partial charge is 0.359 e. The van der Waals surface area contributed by atoms with Gasteiger partial charge in [-0.3, -0.25) is 9.13 Å². The van der Waals surface area contributed by atoms with Crippen molar-refractivity contribution < 1.29 is 27.2 Å². The normalized spacial score (nSPS) is 13.6. The molecule has 0 aromatic rings. The van der Waals surface area contributed by atoms with Crippen LogP contribution in [0.3, 0.4) is 0 Å². The molecule has 0 aliphatic rings. The van der Waals surface area contributed by atoms with Gasteiger partial charge in [0.15, 0.2) is 0 Å². The van der Waals surface area contributed by atoms with Crippen LogP contribution in [0.1, 0.15) is 47.5 Å². The molecule has 0 saturated heterocycles. The molecule has 0 heterocycles. The maximum absolute atomic E-state index is 13.2. The van der Waals surface area contributed by atoms with Crippen molar-refractivity contribution in [3.05, 3.63) is 0 Å². The van der Waals surface area contributed by atoms with Gasteiger partial charge in [0, 0.05) is 0 Å². The van der Waals surface area contributed by atoms with Crippen molar-refractivity contribution in [1.82, 2.24) is 0 Å². The van der Waals surface area contributed by atoms with E-state index in [4.69, 9.17) is 18.1 Å². The first-order valence-electron chi connectivity index (χ1n) is 7.28. The molecule has 0 amide bonds. The molecule has 0 N–H and O–H groups in total. The van der Waals surface area contributed by atoms with Gasteiger partial charge in [0.2, 0.25) is 3.81 Å². The van der Waals surface area contributed by atoms with E-state index in [1.807, 2.05) is 6.92 Å². The molecular formula is C12H27BrO6P2. The van der Waals surface area contributed by atoms with Gasteiger partial charge < -0.3 is 18.1 Å². The first kappa shape index (κ1) is 21.8. The summed E-state index contributed by atoms with van der Waals surface area (Å²) in [6.07, 6.45) is 0.890. The van der Waals surface area contributed by atoms with Crippen LogP contribution >= 0.6 is 31.1 Å². The lowest BCUT2D eigenvalue weighted by molar-refractivity contribution is 0.190. The number of halogens is 1. The van der Waals surface area contributed by atoms with E-state index in [0.29, 0.717) is 6.42 Å². The number of hydrogen-bond donors (Lipinski definition) is 0. The monoisotopic (exact) mass is 408 g/mol. The van der Waals surface area contributed by atoms with E-state index >= 15 is 0 Å². The summed E-state index contributed by atoms with van der Waals surface area (Å²) in [5.74, 6) is 0. The summed E-state index contributed by atoms with van der Waals surface area (Å²) in [5.41, 5.74) is 0. The average Bonchev–Trinajstić information content (AvgIpc) is 2.39. The molecule has 0 bridgehead atoms. The maximum Gasteiger partial charge on any atom is 0.359 e. The van der Waals surface area contributed by atoms with Gasteiger partial charge in [-0.2, -0.15) is 0 Å². The molecule has 0 aromatic heterocycles. The molecule has 0 aliphatic carbocycles. The van der Waals surface area contributed by atoms with E-state index in [1.165, 1.54) is 0 Å². The van der Waals surface area contributed by atoms with Gasteiger partial charge in [0.05, 0.1) is 26.4 Å². The van der Waals surface area contributed by atoms with E-state index in [0.717, 1.165) is 0 Å². The molecule has 0 unspecified atom stereocenters. The van der Waals surface area contributed by atoms with Crippen LogP contribution in [0, 0.1) is 0 Å². The lowest BCUT2D eigenvalue weighted by Crippen LogP contribution is -2.27. The molecular weight excluding hydrogens is 382 g/mol. The molecule has 0 aromatic carbocycles. The van der Waals surface area contributed by atoms with Crippen LogP contribution in [-0.4, -0.2) is 30.2 Å². The molecule has 128 valence electrons. The highest BCUT2D eigenvalue weighted by atomic mass is 79.9. The Morgan fingerprint density at radius 3 is 1.24 bits per heavy atom. The van der Waals surface area contributed by atoms with Gasteiger partial charge in [-0.15, -0.1) is 0 Å². The minimum absolute atomic E-state index is 0.173. The van der Waals surface area contributed by atoms with Gasteiger partial charge in [0.1, 0.15) is 0 Å². The average molecular weight is 409 g/mol. The van der Waals surface area contributed by atoms with Crippen LogP contribution in [0.2, 0.25) is 0 Å². The second-order valence-corrected chi connectivity index (χ2v) is 11.6. The zero-order valence-corrected chi connectivity index (χ0v) is 16.8. The predicted molar refractivity (Wildman–Crippen MR) is 88.3 cm³/mol. The Bertz CT molecular complexity index is 340. The van der Waals surface area contributed by atoms with Crippen LogP contribution in [-0.2, 0) is 27.2 Å². The zero-order chi connectivity index (χ0) is 16.6. The quantitative estimate of drug-likeness (QED) is 0.319. The second kappa shape index (κ2) is 9.82. The fourth-order valence-corrected chi connectivity index (χ4v) is 8.70. The van der Waals surface area contributed by atoms with Crippen molar-refractivity contribution in [2.24, 2.45) is 0 Å². The Kier molecular flexibility index (Phi) is 10.2. The SMILES string of the molecule is CCCC(Br)(P(=O)(OCC)OCC)P(=O)(OCC)OCC. The minimum atomic E-state index is -3.74. The third-order valence-corrected chi connectivity index (χ3v) is 11.6. The summed E-state index contributed by atoms with van der Waals surface area (Å²) < 4.78 is 46.4.